The summed E-state index contributed by atoms with van der Waals surface area (Å²) in [6.45, 7) is 0. The summed E-state index contributed by atoms with van der Waals surface area (Å²) in [6.07, 6.45) is 11.2. The third-order valence-corrected chi connectivity index (χ3v) is 3.40. The zero-order valence-electron chi connectivity index (χ0n) is 10.4. The van der Waals surface area contributed by atoms with Crippen LogP contribution in [-0.2, 0) is 17.6 Å². The van der Waals surface area contributed by atoms with E-state index in [2.05, 4.69) is 30.3 Å². The van der Waals surface area contributed by atoms with Gasteiger partial charge in [-0.25, -0.2) is 4.79 Å². The minimum Gasteiger partial charge on any atom is -0.478 e. The van der Waals surface area contributed by atoms with Crippen LogP contribution in [0.25, 0.3) is 0 Å². The van der Waals surface area contributed by atoms with Crippen LogP contribution in [0.5, 0.6) is 0 Å². The Hall–Kier alpha value is -1.83. The SMILES string of the molecule is O=C(O)/C=C/C=CCC1CCc2ccccc2C1. The van der Waals surface area contributed by atoms with E-state index in [1.807, 2.05) is 6.08 Å². The van der Waals surface area contributed by atoms with Crippen molar-refractivity contribution in [2.75, 3.05) is 0 Å². The topological polar surface area (TPSA) is 37.3 Å². The van der Waals surface area contributed by atoms with Crippen LogP contribution in [0.2, 0.25) is 0 Å². The van der Waals surface area contributed by atoms with E-state index in [-0.39, 0.29) is 0 Å². The fourth-order valence-corrected chi connectivity index (χ4v) is 2.46. The first-order chi connectivity index (χ1) is 8.75. The van der Waals surface area contributed by atoms with Crippen molar-refractivity contribution in [3.63, 3.8) is 0 Å². The third kappa shape index (κ3) is 3.59. The summed E-state index contributed by atoms with van der Waals surface area (Å²) < 4.78 is 0. The lowest BCUT2D eigenvalue weighted by atomic mass is 9.82. The number of hydrogen-bond acceptors (Lipinski definition) is 1. The Morgan fingerprint density at radius 3 is 2.83 bits per heavy atom. The number of rotatable bonds is 4. The number of allylic oxidation sites excluding steroid dienone is 3. The number of aliphatic carboxylic acids is 1. The van der Waals surface area contributed by atoms with E-state index < -0.39 is 5.97 Å². The minimum atomic E-state index is -0.897. The van der Waals surface area contributed by atoms with E-state index in [4.69, 9.17) is 5.11 Å². The number of carboxylic acids is 1. The molecule has 0 radical (unpaired) electrons. The Bertz CT molecular complexity index is 472. The molecule has 0 heterocycles. The Morgan fingerprint density at radius 2 is 2.06 bits per heavy atom. The van der Waals surface area contributed by atoms with Crippen molar-refractivity contribution in [2.24, 2.45) is 5.92 Å². The number of carbonyl (C=O) groups is 1. The highest BCUT2D eigenvalue weighted by molar-refractivity contribution is 5.80. The van der Waals surface area contributed by atoms with Crippen LogP contribution in [-0.4, -0.2) is 11.1 Å². The quantitative estimate of drug-likeness (QED) is 0.649. The van der Waals surface area contributed by atoms with Crippen molar-refractivity contribution in [3.05, 3.63) is 59.7 Å². The molecule has 2 nitrogen and oxygen atoms in total. The van der Waals surface area contributed by atoms with Gasteiger partial charge in [-0.1, -0.05) is 42.5 Å². The fraction of sp³-hybridized carbons (Fsp3) is 0.312. The van der Waals surface area contributed by atoms with Gasteiger partial charge in [-0.15, -0.1) is 0 Å². The van der Waals surface area contributed by atoms with Crippen molar-refractivity contribution in [3.8, 4) is 0 Å². The maximum absolute atomic E-state index is 10.3. The van der Waals surface area contributed by atoms with Crippen LogP contribution in [0, 0.1) is 5.92 Å². The highest BCUT2D eigenvalue weighted by Gasteiger charge is 2.16. The second kappa shape index (κ2) is 6.20. The molecule has 1 aliphatic carbocycles. The molecule has 1 aromatic rings. The first-order valence-corrected chi connectivity index (χ1v) is 6.38. The second-order valence-corrected chi connectivity index (χ2v) is 4.74. The fourth-order valence-electron chi connectivity index (χ4n) is 2.46. The molecular weight excluding hydrogens is 224 g/mol. The van der Waals surface area contributed by atoms with Gasteiger partial charge in [-0.05, 0) is 42.7 Å². The first kappa shape index (κ1) is 12.6. The molecule has 2 rings (SSSR count). The van der Waals surface area contributed by atoms with E-state index >= 15 is 0 Å². The first-order valence-electron chi connectivity index (χ1n) is 6.38. The summed E-state index contributed by atoms with van der Waals surface area (Å²) >= 11 is 0. The third-order valence-electron chi connectivity index (χ3n) is 3.40. The van der Waals surface area contributed by atoms with Crippen LogP contribution in [0.15, 0.2) is 48.6 Å². The molecule has 1 unspecified atom stereocenters. The number of carboxylic acid groups (broad SMARTS) is 1. The number of aryl methyl sites for hydroxylation is 1. The molecule has 0 bridgehead atoms. The number of benzene rings is 1. The van der Waals surface area contributed by atoms with Crippen molar-refractivity contribution in [1.82, 2.24) is 0 Å². The lowest BCUT2D eigenvalue weighted by Gasteiger charge is -2.23. The molecule has 94 valence electrons. The van der Waals surface area contributed by atoms with E-state index in [1.54, 1.807) is 6.08 Å². The van der Waals surface area contributed by atoms with E-state index in [0.29, 0.717) is 5.92 Å². The van der Waals surface area contributed by atoms with Gasteiger partial charge in [-0.3, -0.25) is 0 Å². The summed E-state index contributed by atoms with van der Waals surface area (Å²) in [5.74, 6) is -0.208. The maximum Gasteiger partial charge on any atom is 0.328 e. The molecular formula is C16H18O2. The zero-order valence-corrected chi connectivity index (χ0v) is 10.4. The Kier molecular flexibility index (Phi) is 4.35. The van der Waals surface area contributed by atoms with Gasteiger partial charge in [-0.2, -0.15) is 0 Å². The highest BCUT2D eigenvalue weighted by atomic mass is 16.4. The summed E-state index contributed by atoms with van der Waals surface area (Å²) in [4.78, 5) is 10.3. The Labute approximate surface area is 108 Å². The molecule has 0 aliphatic heterocycles. The molecule has 1 atom stereocenters. The van der Waals surface area contributed by atoms with E-state index in [9.17, 15) is 4.79 Å². The van der Waals surface area contributed by atoms with Crippen molar-refractivity contribution >= 4 is 5.97 Å². The average Bonchev–Trinajstić information content (AvgIpc) is 2.38. The molecule has 2 heteroatoms. The van der Waals surface area contributed by atoms with Crippen LogP contribution in [0.4, 0.5) is 0 Å². The number of hydrogen-bond donors (Lipinski definition) is 1. The smallest absolute Gasteiger partial charge is 0.328 e. The van der Waals surface area contributed by atoms with Crippen LogP contribution in [0.3, 0.4) is 0 Å². The molecule has 0 spiro atoms. The van der Waals surface area contributed by atoms with Gasteiger partial charge in [0.2, 0.25) is 0 Å². The lowest BCUT2D eigenvalue weighted by molar-refractivity contribution is -0.131. The summed E-state index contributed by atoms with van der Waals surface area (Å²) in [6, 6.07) is 8.65. The Morgan fingerprint density at radius 1 is 1.28 bits per heavy atom. The minimum absolute atomic E-state index is 0.689. The predicted molar refractivity (Wildman–Crippen MR) is 72.5 cm³/mol. The molecule has 1 aromatic carbocycles. The molecule has 1 N–H and O–H groups in total. The van der Waals surface area contributed by atoms with E-state index in [1.165, 1.54) is 24.0 Å². The average molecular weight is 242 g/mol. The molecule has 0 fully saturated rings. The molecule has 1 aliphatic rings. The van der Waals surface area contributed by atoms with Crippen LogP contribution < -0.4 is 0 Å². The largest absolute Gasteiger partial charge is 0.478 e. The van der Waals surface area contributed by atoms with E-state index in [0.717, 1.165) is 18.9 Å². The van der Waals surface area contributed by atoms with Gasteiger partial charge in [0.15, 0.2) is 0 Å². The van der Waals surface area contributed by atoms with Gasteiger partial charge in [0, 0.05) is 6.08 Å². The highest BCUT2D eigenvalue weighted by Crippen LogP contribution is 2.27. The van der Waals surface area contributed by atoms with Crippen LogP contribution in [0.1, 0.15) is 24.0 Å². The molecule has 0 aromatic heterocycles. The summed E-state index contributed by atoms with van der Waals surface area (Å²) in [5.41, 5.74) is 2.96. The van der Waals surface area contributed by atoms with Gasteiger partial charge >= 0.3 is 5.97 Å². The number of fused-ring (bicyclic) bond motifs is 1. The summed E-state index contributed by atoms with van der Waals surface area (Å²) in [7, 11) is 0. The maximum atomic E-state index is 10.3. The van der Waals surface area contributed by atoms with Gasteiger partial charge in [0.1, 0.15) is 0 Å². The van der Waals surface area contributed by atoms with Crippen molar-refractivity contribution in [2.45, 2.75) is 25.7 Å². The molecule has 18 heavy (non-hydrogen) atoms. The standard InChI is InChI=1S/C16H18O2/c17-16(18)9-3-1-2-6-13-10-11-14-7-4-5-8-15(14)12-13/h1-5,7-9,13H,6,10-12H2,(H,17,18)/b2-1?,9-3+. The Balaban J connectivity index is 1.85. The summed E-state index contributed by atoms with van der Waals surface area (Å²) in [5, 5.41) is 8.45. The monoisotopic (exact) mass is 242 g/mol. The van der Waals surface area contributed by atoms with Gasteiger partial charge in [0.25, 0.3) is 0 Å². The van der Waals surface area contributed by atoms with Gasteiger partial charge in [0.05, 0.1) is 0 Å². The molecule has 0 saturated heterocycles. The van der Waals surface area contributed by atoms with Crippen molar-refractivity contribution < 1.29 is 9.90 Å². The molecule has 0 amide bonds. The predicted octanol–water partition coefficient (Wildman–Crippen LogP) is 3.38. The normalized spacial score (nSPS) is 19.2. The van der Waals surface area contributed by atoms with Crippen LogP contribution >= 0.6 is 0 Å². The zero-order chi connectivity index (χ0) is 12.8. The van der Waals surface area contributed by atoms with Gasteiger partial charge < -0.3 is 5.11 Å². The van der Waals surface area contributed by atoms with Crippen molar-refractivity contribution in [1.29, 1.82) is 0 Å². The molecule has 0 saturated carbocycles. The second-order valence-electron chi connectivity index (χ2n) is 4.74. The lowest BCUT2D eigenvalue weighted by Crippen LogP contribution is -2.13.